The van der Waals surface area contributed by atoms with Crippen LogP contribution >= 0.6 is 0 Å². The predicted octanol–water partition coefficient (Wildman–Crippen LogP) is 3.89. The summed E-state index contributed by atoms with van der Waals surface area (Å²) >= 11 is 0. The van der Waals surface area contributed by atoms with Crippen molar-refractivity contribution in [3.8, 4) is 0 Å². The van der Waals surface area contributed by atoms with Crippen LogP contribution in [0.3, 0.4) is 0 Å². The van der Waals surface area contributed by atoms with Crippen LogP contribution in [-0.4, -0.2) is 50.7 Å². The van der Waals surface area contributed by atoms with Crippen LogP contribution in [-0.2, 0) is 12.6 Å². The second-order valence-electron chi connectivity index (χ2n) is 9.88. The highest BCUT2D eigenvalue weighted by Gasteiger charge is 2.44. The van der Waals surface area contributed by atoms with Gasteiger partial charge < -0.3 is 19.9 Å². The van der Waals surface area contributed by atoms with E-state index < -0.39 is 29.1 Å². The Bertz CT molecular complexity index is 1060. The Labute approximate surface area is 193 Å². The molecule has 0 aromatic carbocycles. The predicted molar refractivity (Wildman–Crippen MR) is 113 cm³/mol. The maximum atomic E-state index is 13.8. The van der Waals surface area contributed by atoms with E-state index in [0.717, 1.165) is 0 Å². The fourth-order valence-corrected chi connectivity index (χ4v) is 5.22. The summed E-state index contributed by atoms with van der Waals surface area (Å²) in [7, 11) is 0. The monoisotopic (exact) mass is 489 g/mol. The van der Waals surface area contributed by atoms with Crippen molar-refractivity contribution in [2.45, 2.75) is 70.0 Å². The number of aliphatic hydroxyl groups is 2. The molecular formula is C23H28F5N3O3. The van der Waals surface area contributed by atoms with E-state index in [2.05, 4.69) is 10.3 Å². The number of rotatable bonds is 6. The molecule has 2 aromatic heterocycles. The zero-order chi connectivity index (χ0) is 24.9. The maximum absolute atomic E-state index is 13.8. The third-order valence-corrected chi connectivity index (χ3v) is 7.21. The summed E-state index contributed by atoms with van der Waals surface area (Å²) in [4.78, 5) is 16.5. The maximum Gasteiger partial charge on any atom is 0.435 e. The van der Waals surface area contributed by atoms with Crippen LogP contribution < -0.4 is 5.32 Å². The van der Waals surface area contributed by atoms with Gasteiger partial charge in [0, 0.05) is 35.6 Å². The molecule has 0 spiro atoms. The number of nitrogens with one attached hydrogen (secondary N) is 1. The van der Waals surface area contributed by atoms with E-state index in [1.807, 2.05) is 0 Å². The first-order valence-corrected chi connectivity index (χ1v) is 11.4. The molecule has 2 aliphatic rings. The molecule has 2 heterocycles. The Morgan fingerprint density at radius 2 is 1.79 bits per heavy atom. The molecule has 2 aromatic rings. The molecule has 2 saturated carbocycles. The Balaban J connectivity index is 1.59. The van der Waals surface area contributed by atoms with Gasteiger partial charge in [0.2, 0.25) is 5.92 Å². The first kappa shape index (κ1) is 24.8. The zero-order valence-electron chi connectivity index (χ0n) is 18.8. The number of aliphatic hydroxyl groups excluding tert-OH is 2. The lowest BCUT2D eigenvalue weighted by Crippen LogP contribution is -2.54. The summed E-state index contributed by atoms with van der Waals surface area (Å²) < 4.78 is 69.8. The Hall–Kier alpha value is -2.27. The summed E-state index contributed by atoms with van der Waals surface area (Å²) in [6.07, 6.45) is -4.34. The summed E-state index contributed by atoms with van der Waals surface area (Å²) in [6.45, 7) is 1.18. The molecule has 4 rings (SSSR count). The number of halogens is 5. The quantitative estimate of drug-likeness (QED) is 0.538. The molecule has 0 unspecified atom stereocenters. The van der Waals surface area contributed by atoms with Gasteiger partial charge in [-0.2, -0.15) is 13.2 Å². The van der Waals surface area contributed by atoms with Gasteiger partial charge in [0.15, 0.2) is 5.69 Å². The third kappa shape index (κ3) is 4.77. The number of alkyl halides is 5. The standard InChI is InChI=1S/C23H28F5N3O3/c1-13-6-15(20(34)29-16-9-21(10-16,11-32)12-33)8-18-30-19(23(26,27)28)17(31(13)18)7-14-2-4-22(24,25)5-3-14/h6,8,14,16,32-33H,2-5,7,9-12H2,1H3,(H,29,34). The van der Waals surface area contributed by atoms with Crippen LogP contribution in [0.15, 0.2) is 12.1 Å². The second-order valence-corrected chi connectivity index (χ2v) is 9.88. The number of nitrogens with zero attached hydrogens (tertiary/aromatic N) is 2. The average Bonchev–Trinajstić information content (AvgIpc) is 3.11. The molecule has 0 radical (unpaired) electrons. The number of aromatic nitrogens is 2. The molecule has 34 heavy (non-hydrogen) atoms. The van der Waals surface area contributed by atoms with Gasteiger partial charge in [-0.05, 0) is 57.1 Å². The fourth-order valence-electron chi connectivity index (χ4n) is 5.22. The lowest BCUT2D eigenvalue weighted by atomic mass is 9.66. The number of pyridine rings is 1. The van der Waals surface area contributed by atoms with Crippen LogP contribution in [0.2, 0.25) is 0 Å². The van der Waals surface area contributed by atoms with Crippen molar-refractivity contribution in [3.05, 3.63) is 34.8 Å². The SMILES string of the molecule is Cc1cc(C(=O)NC2CC(CO)(CO)C2)cc2nc(C(F)(F)F)c(CC3CCC(F)(F)CC3)n12. The van der Waals surface area contributed by atoms with Crippen LogP contribution in [0.4, 0.5) is 22.0 Å². The van der Waals surface area contributed by atoms with E-state index >= 15 is 0 Å². The number of imidazole rings is 1. The highest BCUT2D eigenvalue weighted by molar-refractivity contribution is 5.95. The molecule has 0 aliphatic heterocycles. The molecule has 2 fully saturated rings. The van der Waals surface area contributed by atoms with Crippen LogP contribution in [0.5, 0.6) is 0 Å². The van der Waals surface area contributed by atoms with E-state index in [1.165, 1.54) is 16.5 Å². The smallest absolute Gasteiger partial charge is 0.396 e. The first-order chi connectivity index (χ1) is 15.9. The number of fused-ring (bicyclic) bond motifs is 1. The van der Waals surface area contributed by atoms with Crippen molar-refractivity contribution >= 4 is 11.6 Å². The topological polar surface area (TPSA) is 86.9 Å². The number of carbonyl (C=O) groups is 1. The van der Waals surface area contributed by atoms with Crippen molar-refractivity contribution in [2.24, 2.45) is 11.3 Å². The molecule has 2 aliphatic carbocycles. The minimum atomic E-state index is -4.72. The van der Waals surface area contributed by atoms with E-state index in [1.54, 1.807) is 6.92 Å². The van der Waals surface area contributed by atoms with E-state index in [0.29, 0.717) is 18.5 Å². The molecule has 11 heteroatoms. The van der Waals surface area contributed by atoms with Gasteiger partial charge in [0.05, 0.1) is 18.9 Å². The van der Waals surface area contributed by atoms with Crippen molar-refractivity contribution < 1.29 is 37.0 Å². The van der Waals surface area contributed by atoms with Gasteiger partial charge in [-0.25, -0.2) is 13.8 Å². The minimum Gasteiger partial charge on any atom is -0.396 e. The normalized spacial score (nSPS) is 20.9. The van der Waals surface area contributed by atoms with E-state index in [-0.39, 0.29) is 74.2 Å². The van der Waals surface area contributed by atoms with Gasteiger partial charge in [-0.1, -0.05) is 0 Å². The summed E-state index contributed by atoms with van der Waals surface area (Å²) in [5.41, 5.74) is -1.24. The highest BCUT2D eigenvalue weighted by atomic mass is 19.4. The highest BCUT2D eigenvalue weighted by Crippen LogP contribution is 2.41. The largest absolute Gasteiger partial charge is 0.435 e. The van der Waals surface area contributed by atoms with Gasteiger partial charge in [-0.15, -0.1) is 0 Å². The van der Waals surface area contributed by atoms with Gasteiger partial charge in [0.1, 0.15) is 5.65 Å². The molecule has 0 saturated heterocycles. The Morgan fingerprint density at radius 1 is 1.18 bits per heavy atom. The number of hydrogen-bond donors (Lipinski definition) is 3. The van der Waals surface area contributed by atoms with Crippen molar-refractivity contribution in [2.75, 3.05) is 13.2 Å². The Kier molecular flexibility index (Phi) is 6.39. The van der Waals surface area contributed by atoms with E-state index in [4.69, 9.17) is 0 Å². The summed E-state index contributed by atoms with van der Waals surface area (Å²) in [5.74, 6) is -3.55. The molecule has 0 bridgehead atoms. The van der Waals surface area contributed by atoms with Crippen molar-refractivity contribution in [3.63, 3.8) is 0 Å². The van der Waals surface area contributed by atoms with Crippen molar-refractivity contribution in [1.82, 2.24) is 14.7 Å². The van der Waals surface area contributed by atoms with Gasteiger partial charge >= 0.3 is 6.18 Å². The number of amides is 1. The lowest BCUT2D eigenvalue weighted by molar-refractivity contribution is -0.141. The zero-order valence-corrected chi connectivity index (χ0v) is 18.8. The summed E-state index contributed by atoms with van der Waals surface area (Å²) in [5, 5.41) is 21.6. The van der Waals surface area contributed by atoms with Crippen LogP contribution in [0, 0.1) is 18.3 Å². The number of aryl methyl sites for hydroxylation is 1. The van der Waals surface area contributed by atoms with Crippen molar-refractivity contribution in [1.29, 1.82) is 0 Å². The van der Waals surface area contributed by atoms with Crippen LogP contribution in [0.25, 0.3) is 5.65 Å². The molecular weight excluding hydrogens is 461 g/mol. The third-order valence-electron chi connectivity index (χ3n) is 7.21. The second kappa shape index (κ2) is 8.75. The van der Waals surface area contributed by atoms with Gasteiger partial charge in [-0.3, -0.25) is 4.79 Å². The summed E-state index contributed by atoms with van der Waals surface area (Å²) in [6, 6.07) is 2.51. The lowest BCUT2D eigenvalue weighted by Gasteiger charge is -2.45. The molecule has 3 N–H and O–H groups in total. The molecule has 0 atom stereocenters. The molecule has 188 valence electrons. The average molecular weight is 489 g/mol. The first-order valence-electron chi connectivity index (χ1n) is 11.4. The molecule has 6 nitrogen and oxygen atoms in total. The minimum absolute atomic E-state index is 0.0229. The Morgan fingerprint density at radius 3 is 2.35 bits per heavy atom. The van der Waals surface area contributed by atoms with Gasteiger partial charge in [0.25, 0.3) is 5.91 Å². The van der Waals surface area contributed by atoms with Crippen LogP contribution in [0.1, 0.15) is 66.0 Å². The fraction of sp³-hybridized carbons (Fsp3) is 0.652. The number of carbonyl (C=O) groups excluding carboxylic acids is 1. The number of hydrogen-bond acceptors (Lipinski definition) is 4. The molecule has 1 amide bonds. The van der Waals surface area contributed by atoms with E-state index in [9.17, 15) is 37.0 Å².